The van der Waals surface area contributed by atoms with Crippen molar-refractivity contribution < 1.29 is 9.31 Å². The van der Waals surface area contributed by atoms with Crippen molar-refractivity contribution in [3.8, 4) is 0 Å². The predicted molar refractivity (Wildman–Crippen MR) is 50.3 cm³/mol. The summed E-state index contributed by atoms with van der Waals surface area (Å²) in [7, 11) is 0. The van der Waals surface area contributed by atoms with E-state index in [9.17, 15) is 14.5 Å². The first-order valence-electron chi connectivity index (χ1n) is 3.25. The van der Waals surface area contributed by atoms with Crippen LogP contribution in [0.4, 0.5) is 10.1 Å². The second kappa shape index (κ2) is 4.02. The fourth-order valence-corrected chi connectivity index (χ4v) is 1.88. The van der Waals surface area contributed by atoms with Gasteiger partial charge in [-0.15, -0.1) is 11.6 Å². The maximum atomic E-state index is 13.0. The minimum atomic E-state index is -0.598. The molecule has 1 aromatic carbocycles. The summed E-state index contributed by atoms with van der Waals surface area (Å²) in [6.45, 7) is 0. The Labute approximate surface area is 86.8 Å². The summed E-state index contributed by atoms with van der Waals surface area (Å²) in [5.74, 6) is -0.652. The van der Waals surface area contributed by atoms with E-state index in [1.165, 1.54) is 0 Å². The van der Waals surface area contributed by atoms with Gasteiger partial charge in [0.2, 0.25) is 0 Å². The Morgan fingerprint density at radius 3 is 2.69 bits per heavy atom. The van der Waals surface area contributed by atoms with E-state index >= 15 is 0 Å². The minimum Gasteiger partial charge on any atom is -0.258 e. The Balaban J connectivity index is 3.35. The second-order valence-electron chi connectivity index (χ2n) is 2.25. The summed E-state index contributed by atoms with van der Waals surface area (Å²) < 4.78 is 13.1. The normalized spacial score (nSPS) is 10.1. The molecule has 0 aliphatic heterocycles. The van der Waals surface area contributed by atoms with Crippen LogP contribution in [-0.4, -0.2) is 4.92 Å². The zero-order chi connectivity index (χ0) is 10.0. The highest BCUT2D eigenvalue weighted by molar-refractivity contribution is 9.10. The third kappa shape index (κ3) is 1.97. The average Bonchev–Trinajstić information content (AvgIpc) is 2.04. The molecule has 0 aliphatic rings. The molecule has 0 N–H and O–H groups in total. The van der Waals surface area contributed by atoms with Crippen LogP contribution in [0.3, 0.4) is 0 Å². The molecular weight excluding hydrogens is 264 g/mol. The van der Waals surface area contributed by atoms with Crippen molar-refractivity contribution >= 4 is 33.2 Å². The molecule has 0 radical (unpaired) electrons. The molecule has 1 aromatic rings. The molecule has 0 amide bonds. The molecule has 0 heterocycles. The molecule has 0 saturated heterocycles. The smallest absolute Gasteiger partial charge is 0.258 e. The van der Waals surface area contributed by atoms with E-state index in [1.54, 1.807) is 0 Å². The predicted octanol–water partition coefficient (Wildman–Crippen LogP) is 3.24. The average molecular weight is 268 g/mol. The molecule has 0 bridgehead atoms. The lowest BCUT2D eigenvalue weighted by Gasteiger charge is -2.01. The Morgan fingerprint density at radius 1 is 1.62 bits per heavy atom. The lowest BCUT2D eigenvalue weighted by atomic mass is 10.2. The van der Waals surface area contributed by atoms with Crippen LogP contribution in [0.2, 0.25) is 0 Å². The largest absolute Gasteiger partial charge is 0.284 e. The van der Waals surface area contributed by atoms with Crippen LogP contribution in [-0.2, 0) is 5.88 Å². The van der Waals surface area contributed by atoms with E-state index in [1.807, 2.05) is 0 Å². The van der Waals surface area contributed by atoms with Crippen molar-refractivity contribution in [2.24, 2.45) is 0 Å². The maximum absolute atomic E-state index is 13.0. The highest BCUT2D eigenvalue weighted by Crippen LogP contribution is 2.31. The summed E-state index contributed by atoms with van der Waals surface area (Å²) in [6, 6.07) is 2.12. The zero-order valence-corrected chi connectivity index (χ0v) is 8.60. The van der Waals surface area contributed by atoms with Crippen LogP contribution < -0.4 is 0 Å². The van der Waals surface area contributed by atoms with Gasteiger partial charge < -0.3 is 0 Å². The number of nitro groups is 1. The summed E-state index contributed by atoms with van der Waals surface area (Å²) >= 11 is 8.35. The van der Waals surface area contributed by atoms with E-state index in [4.69, 9.17) is 11.6 Å². The van der Waals surface area contributed by atoms with E-state index in [0.717, 1.165) is 12.1 Å². The minimum absolute atomic E-state index is 0.103. The van der Waals surface area contributed by atoms with Crippen LogP contribution in [0, 0.1) is 15.9 Å². The van der Waals surface area contributed by atoms with Crippen molar-refractivity contribution in [2.45, 2.75) is 5.88 Å². The molecule has 13 heavy (non-hydrogen) atoms. The van der Waals surface area contributed by atoms with Crippen LogP contribution in [0.1, 0.15) is 5.56 Å². The fourth-order valence-electron chi connectivity index (χ4n) is 0.849. The first-order chi connectivity index (χ1) is 6.07. The summed E-state index contributed by atoms with van der Waals surface area (Å²) in [5.41, 5.74) is -0.0760. The third-order valence-electron chi connectivity index (χ3n) is 1.50. The van der Waals surface area contributed by atoms with Gasteiger partial charge in [-0.1, -0.05) is 0 Å². The van der Waals surface area contributed by atoms with Crippen molar-refractivity contribution in [3.63, 3.8) is 0 Å². The SMILES string of the molecule is O=[N+]([O-])c1ccc(F)c(CCl)c1Br. The molecule has 70 valence electrons. The molecule has 0 unspecified atom stereocenters. The van der Waals surface area contributed by atoms with Gasteiger partial charge >= 0.3 is 0 Å². The van der Waals surface area contributed by atoms with Crippen LogP contribution in [0.15, 0.2) is 16.6 Å². The number of nitro benzene ring substituents is 1. The topological polar surface area (TPSA) is 43.1 Å². The first-order valence-corrected chi connectivity index (χ1v) is 4.58. The number of nitrogens with zero attached hydrogens (tertiary/aromatic N) is 1. The number of alkyl halides is 1. The second-order valence-corrected chi connectivity index (χ2v) is 3.31. The molecule has 0 atom stereocenters. The van der Waals surface area contributed by atoms with Crippen molar-refractivity contribution in [2.75, 3.05) is 0 Å². The van der Waals surface area contributed by atoms with Crippen molar-refractivity contribution in [3.05, 3.63) is 38.1 Å². The summed E-state index contributed by atoms with van der Waals surface area (Å²) in [5, 5.41) is 10.4. The molecule has 0 aliphatic carbocycles. The third-order valence-corrected chi connectivity index (χ3v) is 2.65. The maximum Gasteiger partial charge on any atom is 0.284 e. The Hall–Kier alpha value is -0.680. The Kier molecular flexibility index (Phi) is 3.22. The number of rotatable bonds is 2. The lowest BCUT2D eigenvalue weighted by molar-refractivity contribution is -0.385. The quantitative estimate of drug-likeness (QED) is 0.469. The summed E-state index contributed by atoms with van der Waals surface area (Å²) in [4.78, 5) is 9.81. The molecule has 1 rings (SSSR count). The van der Waals surface area contributed by atoms with E-state index in [-0.39, 0.29) is 21.6 Å². The standard InChI is InChI=1S/C7H4BrClFNO2/c8-7-4(3-9)5(10)1-2-6(7)11(12)13/h1-2H,3H2. The van der Waals surface area contributed by atoms with Gasteiger partial charge in [-0.25, -0.2) is 4.39 Å². The molecule has 0 spiro atoms. The van der Waals surface area contributed by atoms with E-state index < -0.39 is 10.7 Å². The van der Waals surface area contributed by atoms with Gasteiger partial charge in [0.15, 0.2) is 0 Å². The molecule has 6 heteroatoms. The molecular formula is C7H4BrClFNO2. The zero-order valence-electron chi connectivity index (χ0n) is 6.26. The van der Waals surface area contributed by atoms with E-state index in [0.29, 0.717) is 0 Å². The van der Waals surface area contributed by atoms with Crippen LogP contribution >= 0.6 is 27.5 Å². The number of hydrogen-bond acceptors (Lipinski definition) is 2. The molecule has 0 fully saturated rings. The summed E-state index contributed by atoms with van der Waals surface area (Å²) in [6.07, 6.45) is 0. The van der Waals surface area contributed by atoms with Gasteiger partial charge in [0, 0.05) is 11.6 Å². The molecule has 0 aromatic heterocycles. The van der Waals surface area contributed by atoms with Gasteiger partial charge in [0.05, 0.1) is 10.8 Å². The van der Waals surface area contributed by atoms with E-state index in [2.05, 4.69) is 15.9 Å². The number of benzene rings is 1. The van der Waals surface area contributed by atoms with Crippen molar-refractivity contribution in [1.29, 1.82) is 0 Å². The molecule has 0 saturated carbocycles. The van der Waals surface area contributed by atoms with Crippen LogP contribution in [0.5, 0.6) is 0 Å². The highest BCUT2D eigenvalue weighted by Gasteiger charge is 2.17. The van der Waals surface area contributed by atoms with Gasteiger partial charge in [0.25, 0.3) is 5.69 Å². The van der Waals surface area contributed by atoms with Crippen LogP contribution in [0.25, 0.3) is 0 Å². The van der Waals surface area contributed by atoms with Gasteiger partial charge in [0.1, 0.15) is 10.3 Å². The fraction of sp³-hybridized carbons (Fsp3) is 0.143. The first kappa shape index (κ1) is 10.4. The Morgan fingerprint density at radius 2 is 2.23 bits per heavy atom. The monoisotopic (exact) mass is 267 g/mol. The Bertz CT molecular complexity index is 359. The lowest BCUT2D eigenvalue weighted by Crippen LogP contribution is -1.95. The van der Waals surface area contributed by atoms with Crippen molar-refractivity contribution in [1.82, 2.24) is 0 Å². The van der Waals surface area contributed by atoms with Gasteiger partial charge in [-0.05, 0) is 22.0 Å². The number of hydrogen-bond donors (Lipinski definition) is 0. The van der Waals surface area contributed by atoms with Gasteiger partial charge in [-0.2, -0.15) is 0 Å². The number of halogens is 3. The highest BCUT2D eigenvalue weighted by atomic mass is 79.9. The van der Waals surface area contributed by atoms with Gasteiger partial charge in [-0.3, -0.25) is 10.1 Å². The molecule has 3 nitrogen and oxygen atoms in total.